The SMILES string of the molecule is Cc1ccc2c(c1)CCC(C(=O)CCC(=O)O)C2=O. The van der Waals surface area contributed by atoms with Crippen molar-refractivity contribution in [2.24, 2.45) is 5.92 Å². The molecule has 4 heteroatoms. The average molecular weight is 260 g/mol. The van der Waals surface area contributed by atoms with Gasteiger partial charge in [0.15, 0.2) is 5.78 Å². The number of rotatable bonds is 4. The third-order valence-electron chi connectivity index (χ3n) is 3.52. The second-order valence-electron chi connectivity index (χ2n) is 4.98. The highest BCUT2D eigenvalue weighted by molar-refractivity contribution is 6.12. The Bertz CT molecular complexity index is 545. The van der Waals surface area contributed by atoms with Crippen molar-refractivity contribution >= 4 is 17.5 Å². The van der Waals surface area contributed by atoms with Crippen LogP contribution in [0.1, 0.15) is 40.7 Å². The Morgan fingerprint density at radius 1 is 1.32 bits per heavy atom. The van der Waals surface area contributed by atoms with Crippen molar-refractivity contribution in [1.82, 2.24) is 0 Å². The lowest BCUT2D eigenvalue weighted by molar-refractivity contribution is -0.138. The topological polar surface area (TPSA) is 71.4 Å². The Balaban J connectivity index is 2.15. The summed E-state index contributed by atoms with van der Waals surface area (Å²) in [6.45, 7) is 1.97. The lowest BCUT2D eigenvalue weighted by atomic mass is 9.79. The van der Waals surface area contributed by atoms with E-state index in [2.05, 4.69) is 0 Å². The van der Waals surface area contributed by atoms with Crippen molar-refractivity contribution in [1.29, 1.82) is 0 Å². The van der Waals surface area contributed by atoms with E-state index < -0.39 is 11.9 Å². The minimum atomic E-state index is -1.01. The lowest BCUT2D eigenvalue weighted by Gasteiger charge is -2.22. The molecule has 0 bridgehead atoms. The maximum absolute atomic E-state index is 12.2. The summed E-state index contributed by atoms with van der Waals surface area (Å²) in [6, 6.07) is 5.61. The number of carboxylic acids is 1. The van der Waals surface area contributed by atoms with Crippen LogP contribution in [0.5, 0.6) is 0 Å². The van der Waals surface area contributed by atoms with Gasteiger partial charge in [0.25, 0.3) is 0 Å². The number of Topliss-reactive ketones (excluding diaryl/α,β-unsaturated/α-hetero) is 2. The molecule has 2 rings (SSSR count). The summed E-state index contributed by atoms with van der Waals surface area (Å²) in [5.74, 6) is -2.07. The number of carbonyl (C=O) groups excluding carboxylic acids is 2. The minimum Gasteiger partial charge on any atom is -0.481 e. The fourth-order valence-corrected chi connectivity index (χ4v) is 2.50. The number of carbonyl (C=O) groups is 3. The van der Waals surface area contributed by atoms with Gasteiger partial charge in [-0.2, -0.15) is 0 Å². The summed E-state index contributed by atoms with van der Waals surface area (Å²) in [7, 11) is 0. The average Bonchev–Trinajstić information content (AvgIpc) is 2.36. The number of hydrogen-bond acceptors (Lipinski definition) is 3. The highest BCUT2D eigenvalue weighted by Crippen LogP contribution is 2.27. The van der Waals surface area contributed by atoms with E-state index in [1.165, 1.54) is 0 Å². The van der Waals surface area contributed by atoms with Crippen molar-refractivity contribution in [3.8, 4) is 0 Å². The lowest BCUT2D eigenvalue weighted by Crippen LogP contribution is -2.29. The first-order chi connectivity index (χ1) is 8.99. The van der Waals surface area contributed by atoms with E-state index in [-0.39, 0.29) is 24.4 Å². The van der Waals surface area contributed by atoms with Crippen LogP contribution in [0, 0.1) is 12.8 Å². The summed E-state index contributed by atoms with van der Waals surface area (Å²) < 4.78 is 0. The Kier molecular flexibility index (Phi) is 3.79. The van der Waals surface area contributed by atoms with Crippen molar-refractivity contribution in [3.05, 3.63) is 34.9 Å². The maximum atomic E-state index is 12.2. The molecular weight excluding hydrogens is 244 g/mol. The third kappa shape index (κ3) is 2.89. The van der Waals surface area contributed by atoms with Crippen molar-refractivity contribution in [3.63, 3.8) is 0 Å². The van der Waals surface area contributed by atoms with Gasteiger partial charge >= 0.3 is 5.97 Å². The van der Waals surface area contributed by atoms with Crippen LogP contribution in [-0.4, -0.2) is 22.6 Å². The van der Waals surface area contributed by atoms with E-state index in [0.717, 1.165) is 11.1 Å². The zero-order chi connectivity index (χ0) is 14.0. The molecule has 19 heavy (non-hydrogen) atoms. The molecule has 1 aromatic rings. The largest absolute Gasteiger partial charge is 0.481 e. The molecule has 0 fully saturated rings. The van der Waals surface area contributed by atoms with E-state index in [1.807, 2.05) is 19.1 Å². The summed E-state index contributed by atoms with van der Waals surface area (Å²) in [5, 5.41) is 8.58. The molecule has 1 N–H and O–H groups in total. The highest BCUT2D eigenvalue weighted by Gasteiger charge is 2.32. The number of fused-ring (bicyclic) bond motifs is 1. The van der Waals surface area contributed by atoms with Crippen LogP contribution < -0.4 is 0 Å². The normalized spacial score (nSPS) is 17.9. The minimum absolute atomic E-state index is 0.0626. The van der Waals surface area contributed by atoms with Gasteiger partial charge in [-0.3, -0.25) is 14.4 Å². The first-order valence-corrected chi connectivity index (χ1v) is 6.37. The zero-order valence-corrected chi connectivity index (χ0v) is 10.8. The fourth-order valence-electron chi connectivity index (χ4n) is 2.50. The molecule has 0 saturated heterocycles. The molecule has 1 unspecified atom stereocenters. The van der Waals surface area contributed by atoms with Crippen LogP contribution in [0.25, 0.3) is 0 Å². The van der Waals surface area contributed by atoms with Gasteiger partial charge in [-0.25, -0.2) is 0 Å². The number of ketones is 2. The number of benzene rings is 1. The maximum Gasteiger partial charge on any atom is 0.303 e. The zero-order valence-electron chi connectivity index (χ0n) is 10.8. The summed E-state index contributed by atoms with van der Waals surface area (Å²) in [4.78, 5) is 34.6. The van der Waals surface area contributed by atoms with E-state index in [9.17, 15) is 14.4 Å². The number of aryl methyl sites for hydroxylation is 2. The van der Waals surface area contributed by atoms with Gasteiger partial charge in [-0.1, -0.05) is 23.8 Å². The molecule has 0 aliphatic heterocycles. The Morgan fingerprint density at radius 3 is 2.74 bits per heavy atom. The molecule has 1 aliphatic carbocycles. The molecule has 0 amide bonds. The van der Waals surface area contributed by atoms with Gasteiger partial charge < -0.3 is 5.11 Å². The van der Waals surface area contributed by atoms with Crippen LogP contribution in [0.3, 0.4) is 0 Å². The molecule has 0 heterocycles. The predicted octanol–water partition coefficient (Wildman–Crippen LogP) is 2.17. The highest BCUT2D eigenvalue weighted by atomic mass is 16.4. The second-order valence-corrected chi connectivity index (χ2v) is 4.98. The smallest absolute Gasteiger partial charge is 0.303 e. The summed E-state index contributed by atoms with van der Waals surface area (Å²) in [5.41, 5.74) is 2.71. The molecule has 100 valence electrons. The molecule has 0 spiro atoms. The van der Waals surface area contributed by atoms with Gasteiger partial charge in [0.05, 0.1) is 12.3 Å². The van der Waals surface area contributed by atoms with Crippen molar-refractivity contribution < 1.29 is 19.5 Å². The van der Waals surface area contributed by atoms with Gasteiger partial charge in [0, 0.05) is 12.0 Å². The first-order valence-electron chi connectivity index (χ1n) is 6.37. The first kappa shape index (κ1) is 13.5. The van der Waals surface area contributed by atoms with Gasteiger partial charge in [0.1, 0.15) is 5.78 Å². The van der Waals surface area contributed by atoms with Crippen LogP contribution >= 0.6 is 0 Å². The van der Waals surface area contributed by atoms with Crippen molar-refractivity contribution in [2.75, 3.05) is 0 Å². The molecule has 1 atom stereocenters. The molecule has 4 nitrogen and oxygen atoms in total. The standard InChI is InChI=1S/C15H16O4/c1-9-2-4-11-10(8-9)3-5-12(15(11)19)13(16)6-7-14(17)18/h2,4,8,12H,3,5-7H2,1H3,(H,17,18). The van der Waals surface area contributed by atoms with Crippen LogP contribution in [0.4, 0.5) is 0 Å². The van der Waals surface area contributed by atoms with E-state index >= 15 is 0 Å². The number of aliphatic carboxylic acids is 1. The second kappa shape index (κ2) is 5.34. The fraction of sp³-hybridized carbons (Fsp3) is 0.400. The number of hydrogen-bond donors (Lipinski definition) is 1. The Morgan fingerprint density at radius 2 is 2.05 bits per heavy atom. The summed E-state index contributed by atoms with van der Waals surface area (Å²) >= 11 is 0. The van der Waals surface area contributed by atoms with Gasteiger partial charge in [0.2, 0.25) is 0 Å². The molecule has 0 aromatic heterocycles. The monoisotopic (exact) mass is 260 g/mol. The molecule has 0 saturated carbocycles. The molecular formula is C15H16O4. The quantitative estimate of drug-likeness (QED) is 0.842. The Labute approximate surface area is 111 Å². The van der Waals surface area contributed by atoms with Gasteiger partial charge in [-0.15, -0.1) is 0 Å². The van der Waals surface area contributed by atoms with Crippen LogP contribution in [-0.2, 0) is 16.0 Å². The van der Waals surface area contributed by atoms with E-state index in [1.54, 1.807) is 6.07 Å². The van der Waals surface area contributed by atoms with Crippen LogP contribution in [0.15, 0.2) is 18.2 Å². The molecule has 1 aromatic carbocycles. The molecule has 1 aliphatic rings. The van der Waals surface area contributed by atoms with E-state index in [4.69, 9.17) is 5.11 Å². The number of carboxylic acid groups (broad SMARTS) is 1. The van der Waals surface area contributed by atoms with Crippen molar-refractivity contribution in [2.45, 2.75) is 32.6 Å². The van der Waals surface area contributed by atoms with E-state index in [0.29, 0.717) is 18.4 Å². The summed E-state index contributed by atoms with van der Waals surface area (Å²) in [6.07, 6.45) is 0.927. The Hall–Kier alpha value is -1.97. The molecule has 0 radical (unpaired) electrons. The predicted molar refractivity (Wildman–Crippen MR) is 69.2 cm³/mol. The van der Waals surface area contributed by atoms with Gasteiger partial charge in [-0.05, 0) is 25.3 Å². The third-order valence-corrected chi connectivity index (χ3v) is 3.52. The van der Waals surface area contributed by atoms with Crippen LogP contribution in [0.2, 0.25) is 0 Å².